The van der Waals surface area contributed by atoms with E-state index in [4.69, 9.17) is 4.12 Å². The average molecular weight is 250 g/mol. The molecule has 0 aromatic heterocycles. The van der Waals surface area contributed by atoms with Gasteiger partial charge in [0, 0.05) is 0 Å². The summed E-state index contributed by atoms with van der Waals surface area (Å²) in [6.45, 7) is 11.2. The molecule has 1 unspecified atom stereocenters. The van der Waals surface area contributed by atoms with Gasteiger partial charge in [-0.25, -0.2) is 0 Å². The molecule has 0 heterocycles. The molecule has 0 amide bonds. The lowest BCUT2D eigenvalue weighted by molar-refractivity contribution is 0.608. The van der Waals surface area contributed by atoms with Gasteiger partial charge in [-0.2, -0.15) is 0 Å². The molecule has 3 heteroatoms. The molecule has 16 heavy (non-hydrogen) atoms. The van der Waals surface area contributed by atoms with Crippen LogP contribution in [0, 0.1) is 0 Å². The number of hydrogen-bond donors (Lipinski definition) is 0. The van der Waals surface area contributed by atoms with E-state index in [0.29, 0.717) is 15.7 Å². The Hall–Kier alpha value is -0.386. The quantitative estimate of drug-likeness (QED) is 0.729. The highest BCUT2D eigenvalue weighted by atomic mass is 28.4. The average Bonchev–Trinajstić information content (AvgIpc) is 2.25. The maximum atomic E-state index is 5.91. The molecule has 1 aromatic carbocycles. The number of hydrogen-bond acceptors (Lipinski definition) is 1. The molecule has 0 bridgehead atoms. The van der Waals surface area contributed by atoms with Crippen molar-refractivity contribution in [1.82, 2.24) is 0 Å². The van der Waals surface area contributed by atoms with E-state index in [9.17, 15) is 0 Å². The van der Waals surface area contributed by atoms with Crippen LogP contribution in [0.25, 0.3) is 0 Å². The number of rotatable bonds is 5. The van der Waals surface area contributed by atoms with Gasteiger partial charge in [-0.05, 0) is 42.7 Å². The lowest BCUT2D eigenvalue weighted by Gasteiger charge is -2.17. The van der Waals surface area contributed by atoms with Gasteiger partial charge in [0.1, 0.15) is 0 Å². The highest BCUT2D eigenvalue weighted by Crippen LogP contribution is 2.16. The zero-order chi connectivity index (χ0) is 12.2. The SMILES string of the molecule is CCC(C)c1ccc([Si]O[Si](C)(C)C)cc1. The Kier molecular flexibility index (Phi) is 4.96. The molecule has 0 aliphatic rings. The van der Waals surface area contributed by atoms with Crippen molar-refractivity contribution >= 4 is 23.3 Å². The highest BCUT2D eigenvalue weighted by Gasteiger charge is 2.14. The molecule has 0 aliphatic heterocycles. The first kappa shape index (κ1) is 13.7. The molecule has 2 radical (unpaired) electrons. The van der Waals surface area contributed by atoms with Crippen molar-refractivity contribution in [2.75, 3.05) is 0 Å². The van der Waals surface area contributed by atoms with Crippen molar-refractivity contribution in [2.45, 2.75) is 45.8 Å². The fourth-order valence-electron chi connectivity index (χ4n) is 1.33. The van der Waals surface area contributed by atoms with Crippen LogP contribution in [-0.2, 0) is 4.12 Å². The summed E-state index contributed by atoms with van der Waals surface area (Å²) in [5.41, 5.74) is 1.43. The molecule has 88 valence electrons. The maximum Gasteiger partial charge on any atom is 0.256 e. The summed E-state index contributed by atoms with van der Waals surface area (Å²) in [6.07, 6.45) is 1.20. The normalized spacial score (nSPS) is 13.8. The summed E-state index contributed by atoms with van der Waals surface area (Å²) in [6, 6.07) is 8.90. The predicted molar refractivity (Wildman–Crippen MR) is 75.0 cm³/mol. The monoisotopic (exact) mass is 250 g/mol. The largest absolute Gasteiger partial charge is 0.453 e. The molecule has 1 nitrogen and oxygen atoms in total. The topological polar surface area (TPSA) is 9.23 Å². The summed E-state index contributed by atoms with van der Waals surface area (Å²) in [4.78, 5) is 0. The molecule has 0 aliphatic carbocycles. The molecule has 1 atom stereocenters. The summed E-state index contributed by atoms with van der Waals surface area (Å²) in [5, 5.41) is 1.31. The van der Waals surface area contributed by atoms with Gasteiger partial charge in [-0.3, -0.25) is 0 Å². The minimum absolute atomic E-state index is 0.508. The van der Waals surface area contributed by atoms with Gasteiger partial charge >= 0.3 is 0 Å². The second-order valence-corrected chi connectivity index (χ2v) is 11.1. The summed E-state index contributed by atoms with van der Waals surface area (Å²) in [7, 11) is -0.862. The molecule has 0 saturated heterocycles. The Morgan fingerprint density at radius 2 is 1.75 bits per heavy atom. The lowest BCUT2D eigenvalue weighted by Crippen LogP contribution is -2.32. The van der Waals surface area contributed by atoms with Crippen LogP contribution in [0.15, 0.2) is 24.3 Å². The predicted octanol–water partition coefficient (Wildman–Crippen LogP) is 3.30. The van der Waals surface area contributed by atoms with Gasteiger partial charge < -0.3 is 4.12 Å². The van der Waals surface area contributed by atoms with Crippen LogP contribution >= 0.6 is 0 Å². The second-order valence-electron chi connectivity index (χ2n) is 5.25. The van der Waals surface area contributed by atoms with Crippen molar-refractivity contribution in [3.63, 3.8) is 0 Å². The molecule has 0 spiro atoms. The van der Waals surface area contributed by atoms with Crippen molar-refractivity contribution in [3.05, 3.63) is 29.8 Å². The fourth-order valence-corrected chi connectivity index (χ4v) is 3.33. The van der Waals surface area contributed by atoms with Crippen LogP contribution in [0.5, 0.6) is 0 Å². The zero-order valence-corrected chi connectivity index (χ0v) is 13.0. The van der Waals surface area contributed by atoms with Gasteiger partial charge in [0.25, 0.3) is 9.76 Å². The molecular weight excluding hydrogens is 228 g/mol. The molecular formula is C13H22OSi2. The molecule has 1 aromatic rings. The molecule has 0 saturated carbocycles. The third-order valence-corrected chi connectivity index (χ3v) is 5.99. The van der Waals surface area contributed by atoms with E-state index in [2.05, 4.69) is 57.8 Å². The minimum Gasteiger partial charge on any atom is -0.453 e. The minimum atomic E-state index is -1.37. The third kappa shape index (κ3) is 4.64. The fraction of sp³-hybridized carbons (Fsp3) is 0.538. The van der Waals surface area contributed by atoms with Gasteiger partial charge in [0.05, 0.1) is 0 Å². The first-order chi connectivity index (χ1) is 7.42. The van der Waals surface area contributed by atoms with E-state index in [1.54, 1.807) is 0 Å². The maximum absolute atomic E-state index is 5.91. The Morgan fingerprint density at radius 3 is 2.19 bits per heavy atom. The summed E-state index contributed by atoms with van der Waals surface area (Å²) < 4.78 is 5.91. The van der Waals surface area contributed by atoms with Crippen LogP contribution in [0.1, 0.15) is 31.7 Å². The van der Waals surface area contributed by atoms with Crippen molar-refractivity contribution in [2.24, 2.45) is 0 Å². The van der Waals surface area contributed by atoms with E-state index in [1.165, 1.54) is 17.2 Å². The Balaban J connectivity index is 2.58. The van der Waals surface area contributed by atoms with E-state index in [-0.39, 0.29) is 0 Å². The van der Waals surface area contributed by atoms with Crippen LogP contribution < -0.4 is 5.19 Å². The lowest BCUT2D eigenvalue weighted by atomic mass is 9.99. The van der Waals surface area contributed by atoms with Gasteiger partial charge in [-0.1, -0.05) is 38.1 Å². The standard InChI is InChI=1S/C13H22OSi2/c1-6-11(2)12-7-9-13(10-8-12)15-14-16(3,4)5/h7-11H,6H2,1-5H3. The summed E-state index contributed by atoms with van der Waals surface area (Å²) in [5.74, 6) is 0.662. The Bertz CT molecular complexity index is 314. The van der Waals surface area contributed by atoms with Crippen LogP contribution in [0.3, 0.4) is 0 Å². The van der Waals surface area contributed by atoms with E-state index >= 15 is 0 Å². The molecule has 0 fully saturated rings. The molecule has 1 rings (SSSR count). The molecule has 0 N–H and O–H groups in total. The highest BCUT2D eigenvalue weighted by molar-refractivity contribution is 6.75. The summed E-state index contributed by atoms with van der Waals surface area (Å²) >= 11 is 0. The Morgan fingerprint density at radius 1 is 1.19 bits per heavy atom. The number of benzene rings is 1. The van der Waals surface area contributed by atoms with Crippen LogP contribution in [-0.4, -0.2) is 18.1 Å². The van der Waals surface area contributed by atoms with Gasteiger partial charge in [0.15, 0.2) is 8.32 Å². The van der Waals surface area contributed by atoms with E-state index in [1.807, 2.05) is 0 Å². The second kappa shape index (κ2) is 5.80. The Labute approximate surface area is 103 Å². The van der Waals surface area contributed by atoms with Gasteiger partial charge in [-0.15, -0.1) is 0 Å². The van der Waals surface area contributed by atoms with E-state index in [0.717, 1.165) is 0 Å². The van der Waals surface area contributed by atoms with Crippen molar-refractivity contribution in [1.29, 1.82) is 0 Å². The van der Waals surface area contributed by atoms with Crippen LogP contribution in [0.4, 0.5) is 0 Å². The van der Waals surface area contributed by atoms with Gasteiger partial charge in [0.2, 0.25) is 0 Å². The third-order valence-electron chi connectivity index (χ3n) is 2.57. The first-order valence-corrected chi connectivity index (χ1v) is 10.3. The smallest absolute Gasteiger partial charge is 0.256 e. The van der Waals surface area contributed by atoms with Crippen LogP contribution in [0.2, 0.25) is 19.6 Å². The van der Waals surface area contributed by atoms with Crippen molar-refractivity contribution in [3.8, 4) is 0 Å². The van der Waals surface area contributed by atoms with E-state index < -0.39 is 8.32 Å². The van der Waals surface area contributed by atoms with Crippen molar-refractivity contribution < 1.29 is 4.12 Å². The zero-order valence-electron chi connectivity index (χ0n) is 11.0. The first-order valence-electron chi connectivity index (χ1n) is 5.96.